The summed E-state index contributed by atoms with van der Waals surface area (Å²) >= 11 is 0. The maximum Gasteiger partial charge on any atom is 0.303 e. The third-order valence-corrected chi connectivity index (χ3v) is 12.1. The van der Waals surface area contributed by atoms with Gasteiger partial charge in [0.1, 0.15) is 53.7 Å². The lowest BCUT2D eigenvalue weighted by atomic mass is 9.72. The summed E-state index contributed by atoms with van der Waals surface area (Å²) in [4.78, 5) is 105. The SMILES string of the molecule is COc1cccc2c1C(=O)c1c(O)c3c(c(O)c1C2=O)C[C@@](O)(C(=O)CO)C[C@@H]3O[C@H]1C[C@H](NC(=O)[C@@H]2CCCN2C(=O)[C@@H](C)NC(=O)[C@H](CO)NC(=O)CCC(=O)O)[C@H](O)[C@H](C)O1. The van der Waals surface area contributed by atoms with E-state index in [-0.39, 0.29) is 47.4 Å². The first-order valence-corrected chi connectivity index (χ1v) is 20.5. The van der Waals surface area contributed by atoms with E-state index < -0.39 is 163 Å². The summed E-state index contributed by atoms with van der Waals surface area (Å²) in [6, 6.07) is -0.745. The maximum absolute atomic E-state index is 14.0. The highest BCUT2D eigenvalue weighted by molar-refractivity contribution is 6.31. The van der Waals surface area contributed by atoms with Gasteiger partial charge in [0.15, 0.2) is 17.9 Å². The quantitative estimate of drug-likeness (QED) is 0.0737. The number of carboxylic acid groups (broad SMARTS) is 1. The Bertz CT molecular complexity index is 2270. The van der Waals surface area contributed by atoms with Crippen LogP contribution in [0.2, 0.25) is 0 Å². The molecule has 346 valence electrons. The van der Waals surface area contributed by atoms with Crippen LogP contribution in [0.25, 0.3) is 0 Å². The minimum Gasteiger partial charge on any atom is -0.507 e. The number of carbonyl (C=O) groups is 8. The zero-order valence-corrected chi connectivity index (χ0v) is 35.0. The molecular formula is C42H50N4O18. The molecule has 0 saturated carbocycles. The van der Waals surface area contributed by atoms with Crippen molar-refractivity contribution in [2.75, 3.05) is 26.9 Å². The van der Waals surface area contributed by atoms with Gasteiger partial charge in [0.2, 0.25) is 29.4 Å². The number of aliphatic hydroxyl groups is 4. The van der Waals surface area contributed by atoms with Gasteiger partial charge in [-0.25, -0.2) is 0 Å². The number of amides is 4. The van der Waals surface area contributed by atoms with Crippen molar-refractivity contribution in [2.24, 2.45) is 0 Å². The van der Waals surface area contributed by atoms with E-state index in [9.17, 15) is 69.0 Å². The average Bonchev–Trinajstić information content (AvgIpc) is 3.76. The Morgan fingerprint density at radius 2 is 1.70 bits per heavy atom. The van der Waals surface area contributed by atoms with E-state index in [2.05, 4.69) is 16.0 Å². The molecule has 0 unspecified atom stereocenters. The van der Waals surface area contributed by atoms with Gasteiger partial charge in [0.25, 0.3) is 0 Å². The van der Waals surface area contributed by atoms with Crippen LogP contribution in [0, 0.1) is 0 Å². The Balaban J connectivity index is 1.21. The number of aliphatic carboxylic acids is 1. The predicted octanol–water partition coefficient (Wildman–Crippen LogP) is -2.00. The van der Waals surface area contributed by atoms with Crippen molar-refractivity contribution in [3.05, 3.63) is 51.6 Å². The van der Waals surface area contributed by atoms with Gasteiger partial charge in [-0.1, -0.05) is 12.1 Å². The molecule has 4 amide bonds. The number of Topliss-reactive ketones (excluding diaryl/α,β-unsaturated/α-hetero) is 1. The number of hydrogen-bond acceptors (Lipinski definition) is 17. The number of carbonyl (C=O) groups excluding carboxylic acids is 7. The van der Waals surface area contributed by atoms with Gasteiger partial charge in [0.05, 0.1) is 55.1 Å². The summed E-state index contributed by atoms with van der Waals surface area (Å²) in [5, 5.41) is 81.9. The Labute approximate surface area is 364 Å². The molecule has 6 rings (SSSR count). The molecule has 0 radical (unpaired) electrons. The van der Waals surface area contributed by atoms with E-state index >= 15 is 0 Å². The molecule has 64 heavy (non-hydrogen) atoms. The molecule has 2 aliphatic carbocycles. The van der Waals surface area contributed by atoms with E-state index in [1.54, 1.807) is 0 Å². The number of rotatable bonds is 15. The lowest BCUT2D eigenvalue weighted by molar-refractivity contribution is -0.249. The number of ketones is 3. The van der Waals surface area contributed by atoms with Gasteiger partial charge < -0.3 is 70.8 Å². The molecule has 2 aromatic carbocycles. The van der Waals surface area contributed by atoms with Crippen LogP contribution < -0.4 is 20.7 Å². The largest absolute Gasteiger partial charge is 0.507 e. The number of aromatic hydroxyl groups is 2. The van der Waals surface area contributed by atoms with Crippen molar-refractivity contribution in [3.8, 4) is 17.2 Å². The Hall–Kier alpha value is -6.04. The Morgan fingerprint density at radius 3 is 2.36 bits per heavy atom. The number of likely N-dealkylation sites (tertiary alicyclic amines) is 1. The van der Waals surface area contributed by atoms with Crippen LogP contribution in [0.4, 0.5) is 0 Å². The minimum atomic E-state index is -2.43. The second kappa shape index (κ2) is 19.0. The first kappa shape index (κ1) is 47.4. The van der Waals surface area contributed by atoms with Crippen LogP contribution in [0.3, 0.4) is 0 Å². The lowest BCUT2D eigenvalue weighted by Gasteiger charge is -2.43. The number of methoxy groups -OCH3 is 1. The van der Waals surface area contributed by atoms with E-state index in [1.807, 2.05) is 0 Å². The topological polar surface area (TPSA) is 345 Å². The van der Waals surface area contributed by atoms with E-state index in [0.29, 0.717) is 6.42 Å². The Kier molecular flexibility index (Phi) is 14.1. The van der Waals surface area contributed by atoms with Crippen LogP contribution in [-0.4, -0.2) is 163 Å². The fourth-order valence-electron chi connectivity index (χ4n) is 8.75. The van der Waals surface area contributed by atoms with E-state index in [0.717, 1.165) is 0 Å². The Morgan fingerprint density at radius 1 is 1.00 bits per heavy atom. The lowest BCUT2D eigenvalue weighted by Crippen LogP contribution is -2.60. The molecule has 0 bridgehead atoms. The molecule has 2 fully saturated rings. The van der Waals surface area contributed by atoms with Crippen molar-refractivity contribution in [3.63, 3.8) is 0 Å². The van der Waals surface area contributed by atoms with Gasteiger partial charge in [-0.2, -0.15) is 0 Å². The fraction of sp³-hybridized carbons (Fsp3) is 0.524. The van der Waals surface area contributed by atoms with Crippen molar-refractivity contribution < 1.29 is 88.3 Å². The zero-order chi connectivity index (χ0) is 46.9. The van der Waals surface area contributed by atoms with Crippen LogP contribution in [0.15, 0.2) is 18.2 Å². The maximum atomic E-state index is 14.0. The van der Waals surface area contributed by atoms with Crippen LogP contribution in [-0.2, 0) is 44.7 Å². The smallest absolute Gasteiger partial charge is 0.303 e. The number of fused-ring (bicyclic) bond motifs is 3. The minimum absolute atomic E-state index is 0.0159. The zero-order valence-electron chi connectivity index (χ0n) is 35.0. The van der Waals surface area contributed by atoms with Crippen LogP contribution >= 0.6 is 0 Å². The number of nitrogens with one attached hydrogen (secondary N) is 3. The summed E-state index contributed by atoms with van der Waals surface area (Å²) in [6.07, 6.45) is -7.43. The third kappa shape index (κ3) is 9.01. The third-order valence-electron chi connectivity index (χ3n) is 12.1. The monoisotopic (exact) mass is 898 g/mol. The number of hydrogen-bond donors (Lipinski definition) is 10. The van der Waals surface area contributed by atoms with Gasteiger partial charge in [-0.15, -0.1) is 0 Å². The van der Waals surface area contributed by atoms with Gasteiger partial charge >= 0.3 is 5.97 Å². The number of carboxylic acids is 1. The van der Waals surface area contributed by atoms with Crippen LogP contribution in [0.1, 0.15) is 101 Å². The predicted molar refractivity (Wildman–Crippen MR) is 214 cm³/mol. The summed E-state index contributed by atoms with van der Waals surface area (Å²) in [6.45, 7) is 0.895. The number of phenols is 2. The number of nitrogens with zero attached hydrogens (tertiary/aromatic N) is 1. The molecule has 2 aliphatic heterocycles. The van der Waals surface area contributed by atoms with Gasteiger partial charge in [-0.3, -0.25) is 38.4 Å². The number of benzene rings is 2. The molecule has 4 aliphatic rings. The van der Waals surface area contributed by atoms with Crippen molar-refractivity contribution >= 4 is 46.9 Å². The molecule has 22 nitrogen and oxygen atoms in total. The standard InChI is InChI=1S/C42H50N4O18/c1-17(43-39(58)22(15-47)44-27(50)9-10-28(51)52)41(60)46-11-5-7-23(46)40(59)45-21-12-29(63-18(2)34(21)53)64-25-14-42(61,26(49)16-48)13-20-31(25)38(57)33-32(36(20)55)35(54)19-6-4-8-24(62-3)30(19)37(33)56/h4,6,8,17-18,21-23,25,29,34,47-48,53,55,57,61H,5,7,9-16H2,1-3H3,(H,43,58)(H,44,50)(H,45,59)(H,51,52)/t17-,18+,21+,22+,23+,25+,29+,34-,42+/m1/s1. The fourth-order valence-corrected chi connectivity index (χ4v) is 8.75. The summed E-state index contributed by atoms with van der Waals surface area (Å²) < 4.78 is 17.5. The average molecular weight is 899 g/mol. The summed E-state index contributed by atoms with van der Waals surface area (Å²) in [5.41, 5.74) is -4.48. The number of aliphatic hydroxyl groups excluding tert-OH is 3. The molecule has 0 aromatic heterocycles. The second-order valence-corrected chi connectivity index (χ2v) is 16.2. The van der Waals surface area contributed by atoms with Crippen molar-refractivity contribution in [1.82, 2.24) is 20.9 Å². The highest BCUT2D eigenvalue weighted by Gasteiger charge is 2.51. The highest BCUT2D eigenvalue weighted by Crippen LogP contribution is 2.52. The van der Waals surface area contributed by atoms with E-state index in [1.165, 1.54) is 44.1 Å². The number of phenolic OH excluding ortho intramolecular Hbond substituents is 2. The summed E-state index contributed by atoms with van der Waals surface area (Å²) in [7, 11) is 1.27. The summed E-state index contributed by atoms with van der Waals surface area (Å²) in [5.74, 6) is -8.79. The molecule has 0 spiro atoms. The molecular weight excluding hydrogens is 848 g/mol. The van der Waals surface area contributed by atoms with Gasteiger partial charge in [0, 0.05) is 48.9 Å². The number of ether oxygens (including phenoxy) is 3. The van der Waals surface area contributed by atoms with E-state index in [4.69, 9.17) is 19.3 Å². The molecule has 2 saturated heterocycles. The van der Waals surface area contributed by atoms with Crippen molar-refractivity contribution in [2.45, 2.75) is 113 Å². The first-order chi connectivity index (χ1) is 30.3. The molecule has 9 atom stereocenters. The van der Waals surface area contributed by atoms with Gasteiger partial charge in [-0.05, 0) is 32.8 Å². The molecule has 2 aromatic rings. The molecule has 22 heteroatoms. The highest BCUT2D eigenvalue weighted by atomic mass is 16.7. The van der Waals surface area contributed by atoms with Crippen LogP contribution in [0.5, 0.6) is 17.2 Å². The second-order valence-electron chi connectivity index (χ2n) is 16.2. The molecule has 2 heterocycles. The molecule has 10 N–H and O–H groups in total. The first-order valence-electron chi connectivity index (χ1n) is 20.5. The normalized spacial score (nSPS) is 25.8. The van der Waals surface area contributed by atoms with Crippen molar-refractivity contribution in [1.29, 1.82) is 0 Å².